The number of halogens is 3. The standard InChI is InChI=1S/C22H20F3N3O2/c1-13-15-7-3-5-9-18(15)27-14(2)17(13)11-20(29)28-19-10-6-4-8-16(19)21(30)26-12-22(23,24)25/h3-10H,11-12H2,1-2H3,(H,26,30)(H,28,29). The molecule has 0 aliphatic heterocycles. The predicted octanol–water partition coefficient (Wildman–Crippen LogP) is 4.32. The number of hydrogen-bond acceptors (Lipinski definition) is 3. The van der Waals surface area contributed by atoms with Crippen LogP contribution in [0.2, 0.25) is 0 Å². The Kier molecular flexibility index (Phi) is 6.05. The summed E-state index contributed by atoms with van der Waals surface area (Å²) in [6, 6.07) is 13.5. The maximum Gasteiger partial charge on any atom is 0.405 e. The monoisotopic (exact) mass is 415 g/mol. The predicted molar refractivity (Wildman–Crippen MR) is 108 cm³/mol. The first-order chi connectivity index (χ1) is 14.2. The van der Waals surface area contributed by atoms with Crippen molar-refractivity contribution < 1.29 is 22.8 Å². The zero-order valence-electron chi connectivity index (χ0n) is 16.4. The Morgan fingerprint density at radius 2 is 1.67 bits per heavy atom. The number of nitrogens with one attached hydrogen (secondary N) is 2. The van der Waals surface area contributed by atoms with Gasteiger partial charge in [-0.05, 0) is 43.2 Å². The van der Waals surface area contributed by atoms with Crippen molar-refractivity contribution in [3.8, 4) is 0 Å². The van der Waals surface area contributed by atoms with E-state index in [-0.39, 0.29) is 17.7 Å². The van der Waals surface area contributed by atoms with Crippen LogP contribution in [0.3, 0.4) is 0 Å². The molecule has 3 aromatic rings. The molecule has 30 heavy (non-hydrogen) atoms. The minimum atomic E-state index is -4.52. The minimum absolute atomic E-state index is 0.0218. The molecule has 0 aliphatic rings. The maximum atomic E-state index is 12.7. The number of hydrogen-bond donors (Lipinski definition) is 2. The third-order valence-corrected chi connectivity index (χ3v) is 4.72. The van der Waals surface area contributed by atoms with Gasteiger partial charge in [-0.3, -0.25) is 14.6 Å². The van der Waals surface area contributed by atoms with Crippen LogP contribution in [-0.4, -0.2) is 29.5 Å². The van der Waals surface area contributed by atoms with Gasteiger partial charge >= 0.3 is 6.18 Å². The van der Waals surface area contributed by atoms with Crippen LogP contribution in [-0.2, 0) is 11.2 Å². The van der Waals surface area contributed by atoms with Crippen LogP contribution in [0.25, 0.3) is 10.9 Å². The molecule has 2 aromatic carbocycles. The van der Waals surface area contributed by atoms with E-state index in [1.807, 2.05) is 43.4 Å². The molecule has 8 heteroatoms. The van der Waals surface area contributed by atoms with Crippen LogP contribution >= 0.6 is 0 Å². The first kappa shape index (κ1) is 21.3. The molecule has 0 aliphatic carbocycles. The number of rotatable bonds is 5. The summed E-state index contributed by atoms with van der Waals surface area (Å²) in [7, 11) is 0. The fraction of sp³-hybridized carbons (Fsp3) is 0.227. The van der Waals surface area contributed by atoms with Gasteiger partial charge in [0.05, 0.1) is 23.2 Å². The Labute approximate surface area is 171 Å². The smallest absolute Gasteiger partial charge is 0.343 e. The molecule has 0 saturated carbocycles. The largest absolute Gasteiger partial charge is 0.405 e. The van der Waals surface area contributed by atoms with Gasteiger partial charge < -0.3 is 10.6 Å². The summed E-state index contributed by atoms with van der Waals surface area (Å²) in [5.41, 5.74) is 3.36. The highest BCUT2D eigenvalue weighted by atomic mass is 19.4. The van der Waals surface area contributed by atoms with E-state index in [1.54, 1.807) is 6.07 Å². The molecule has 5 nitrogen and oxygen atoms in total. The van der Waals surface area contributed by atoms with Crippen LogP contribution in [0.1, 0.15) is 27.2 Å². The summed E-state index contributed by atoms with van der Waals surface area (Å²) in [6.07, 6.45) is -4.50. The van der Waals surface area contributed by atoms with E-state index < -0.39 is 24.5 Å². The highest BCUT2D eigenvalue weighted by molar-refractivity contribution is 6.04. The van der Waals surface area contributed by atoms with Gasteiger partial charge in [0.2, 0.25) is 5.91 Å². The molecule has 2 amide bonds. The van der Waals surface area contributed by atoms with E-state index in [2.05, 4.69) is 10.3 Å². The summed E-state index contributed by atoms with van der Waals surface area (Å²) < 4.78 is 37.1. The van der Waals surface area contributed by atoms with Gasteiger partial charge in [0.15, 0.2) is 0 Å². The molecular formula is C22H20F3N3O2. The Hall–Kier alpha value is -3.42. The molecule has 1 heterocycles. The zero-order valence-corrected chi connectivity index (χ0v) is 16.4. The molecule has 3 rings (SSSR count). The van der Waals surface area contributed by atoms with E-state index in [0.717, 1.165) is 27.7 Å². The number of aromatic nitrogens is 1. The van der Waals surface area contributed by atoms with Gasteiger partial charge in [-0.2, -0.15) is 13.2 Å². The minimum Gasteiger partial charge on any atom is -0.343 e. The summed E-state index contributed by atoms with van der Waals surface area (Å²) >= 11 is 0. The van der Waals surface area contributed by atoms with Gasteiger partial charge in [-0.15, -0.1) is 0 Å². The van der Waals surface area contributed by atoms with Crippen molar-refractivity contribution in [2.75, 3.05) is 11.9 Å². The quantitative estimate of drug-likeness (QED) is 0.652. The number of aryl methyl sites for hydroxylation is 2. The van der Waals surface area contributed by atoms with Crippen LogP contribution in [0.4, 0.5) is 18.9 Å². The van der Waals surface area contributed by atoms with Crippen LogP contribution in [0.5, 0.6) is 0 Å². The lowest BCUT2D eigenvalue weighted by molar-refractivity contribution is -0.123. The summed E-state index contributed by atoms with van der Waals surface area (Å²) in [5.74, 6) is -1.31. The van der Waals surface area contributed by atoms with Crippen LogP contribution < -0.4 is 10.6 Å². The van der Waals surface area contributed by atoms with E-state index in [1.165, 1.54) is 18.2 Å². The van der Waals surface area contributed by atoms with Gasteiger partial charge in [0.1, 0.15) is 6.54 Å². The highest BCUT2D eigenvalue weighted by Crippen LogP contribution is 2.24. The summed E-state index contributed by atoms with van der Waals surface area (Å²) in [6.45, 7) is 2.29. The number of amides is 2. The fourth-order valence-corrected chi connectivity index (χ4v) is 3.25. The normalized spacial score (nSPS) is 11.4. The SMILES string of the molecule is Cc1nc2ccccc2c(C)c1CC(=O)Nc1ccccc1C(=O)NCC(F)(F)F. The van der Waals surface area contributed by atoms with E-state index in [9.17, 15) is 22.8 Å². The van der Waals surface area contributed by atoms with Gasteiger partial charge in [-0.25, -0.2) is 0 Å². The molecule has 2 N–H and O–H groups in total. The Morgan fingerprint density at radius 3 is 2.40 bits per heavy atom. The van der Waals surface area contributed by atoms with E-state index >= 15 is 0 Å². The third kappa shape index (κ3) is 4.94. The lowest BCUT2D eigenvalue weighted by atomic mass is 9.99. The van der Waals surface area contributed by atoms with Crippen molar-refractivity contribution in [3.05, 3.63) is 70.9 Å². The van der Waals surface area contributed by atoms with Crippen molar-refractivity contribution in [2.24, 2.45) is 0 Å². The number of carbonyl (C=O) groups excluding carboxylic acids is 2. The summed E-state index contributed by atoms with van der Waals surface area (Å²) in [5, 5.41) is 5.39. The lowest BCUT2D eigenvalue weighted by Crippen LogP contribution is -2.34. The number of pyridine rings is 1. The second-order valence-corrected chi connectivity index (χ2v) is 6.89. The molecule has 0 fully saturated rings. The number of benzene rings is 2. The fourth-order valence-electron chi connectivity index (χ4n) is 3.25. The molecule has 0 radical (unpaired) electrons. The molecular weight excluding hydrogens is 395 g/mol. The number of para-hydroxylation sites is 2. The average molecular weight is 415 g/mol. The maximum absolute atomic E-state index is 12.7. The van der Waals surface area contributed by atoms with Gasteiger partial charge in [0, 0.05) is 11.1 Å². The average Bonchev–Trinajstić information content (AvgIpc) is 2.69. The van der Waals surface area contributed by atoms with Gasteiger partial charge in [-0.1, -0.05) is 30.3 Å². The Balaban J connectivity index is 1.79. The highest BCUT2D eigenvalue weighted by Gasteiger charge is 2.28. The van der Waals surface area contributed by atoms with E-state index in [0.29, 0.717) is 0 Å². The molecule has 1 aromatic heterocycles. The van der Waals surface area contributed by atoms with Crippen molar-refractivity contribution in [3.63, 3.8) is 0 Å². The van der Waals surface area contributed by atoms with Crippen molar-refractivity contribution >= 4 is 28.4 Å². The van der Waals surface area contributed by atoms with Crippen molar-refractivity contribution in [1.82, 2.24) is 10.3 Å². The molecule has 0 unspecified atom stereocenters. The van der Waals surface area contributed by atoms with E-state index in [4.69, 9.17) is 0 Å². The number of alkyl halides is 3. The summed E-state index contributed by atoms with van der Waals surface area (Å²) in [4.78, 5) is 29.3. The number of fused-ring (bicyclic) bond motifs is 1. The first-order valence-corrected chi connectivity index (χ1v) is 9.24. The third-order valence-electron chi connectivity index (χ3n) is 4.72. The zero-order chi connectivity index (χ0) is 21.9. The Bertz CT molecular complexity index is 1110. The number of anilines is 1. The van der Waals surface area contributed by atoms with Crippen molar-refractivity contribution in [1.29, 1.82) is 0 Å². The molecule has 0 spiro atoms. The first-order valence-electron chi connectivity index (χ1n) is 9.24. The topological polar surface area (TPSA) is 71.1 Å². The lowest BCUT2D eigenvalue weighted by Gasteiger charge is -2.14. The second-order valence-electron chi connectivity index (χ2n) is 6.89. The molecule has 0 bridgehead atoms. The van der Waals surface area contributed by atoms with Crippen molar-refractivity contribution in [2.45, 2.75) is 26.4 Å². The van der Waals surface area contributed by atoms with Gasteiger partial charge in [0.25, 0.3) is 5.91 Å². The molecule has 0 saturated heterocycles. The van der Waals surface area contributed by atoms with Crippen LogP contribution in [0.15, 0.2) is 48.5 Å². The number of nitrogens with zero attached hydrogens (tertiary/aromatic N) is 1. The molecule has 0 atom stereocenters. The Morgan fingerprint density at radius 1 is 1.00 bits per heavy atom. The van der Waals surface area contributed by atoms with Crippen LogP contribution in [0, 0.1) is 13.8 Å². The molecule has 156 valence electrons. The second kappa shape index (κ2) is 8.52. The number of carbonyl (C=O) groups is 2.